The molecule has 1 fully saturated rings. The first-order valence-electron chi connectivity index (χ1n) is 7.15. The van der Waals surface area contributed by atoms with E-state index < -0.39 is 0 Å². The molecule has 0 radical (unpaired) electrons. The van der Waals surface area contributed by atoms with Crippen LogP contribution in [0.25, 0.3) is 0 Å². The Hall–Kier alpha value is -1.75. The molecular formula is C15H23N3O2. The minimum Gasteiger partial charge on any atom is -0.495 e. The predicted octanol–water partition coefficient (Wildman–Crippen LogP) is 1.49. The van der Waals surface area contributed by atoms with E-state index >= 15 is 0 Å². The number of hydrogen-bond acceptors (Lipinski definition) is 4. The summed E-state index contributed by atoms with van der Waals surface area (Å²) >= 11 is 0. The summed E-state index contributed by atoms with van der Waals surface area (Å²) in [7, 11) is 1.56. The van der Waals surface area contributed by atoms with Crippen molar-refractivity contribution in [2.45, 2.75) is 19.3 Å². The number of benzene rings is 1. The number of nitrogen functional groups attached to an aromatic ring is 1. The molecule has 0 bridgehead atoms. The summed E-state index contributed by atoms with van der Waals surface area (Å²) in [4.78, 5) is 14.4. The maximum absolute atomic E-state index is 12.0. The van der Waals surface area contributed by atoms with E-state index in [0.29, 0.717) is 23.5 Å². The van der Waals surface area contributed by atoms with Crippen LogP contribution in [0.3, 0.4) is 0 Å². The number of hydrogen-bond donors (Lipinski definition) is 2. The van der Waals surface area contributed by atoms with Gasteiger partial charge in [0, 0.05) is 18.7 Å². The number of anilines is 1. The van der Waals surface area contributed by atoms with Crippen LogP contribution >= 0.6 is 0 Å². The number of piperidine rings is 1. The maximum atomic E-state index is 12.0. The van der Waals surface area contributed by atoms with E-state index in [4.69, 9.17) is 10.5 Å². The average Bonchev–Trinajstić information content (AvgIpc) is 2.48. The molecule has 0 unspecified atom stereocenters. The Kier molecular flexibility index (Phi) is 5.24. The number of carbonyl (C=O) groups is 1. The second-order valence-electron chi connectivity index (χ2n) is 5.11. The second kappa shape index (κ2) is 7.14. The first-order valence-corrected chi connectivity index (χ1v) is 7.15. The van der Waals surface area contributed by atoms with Gasteiger partial charge in [0.2, 0.25) is 0 Å². The Morgan fingerprint density at radius 3 is 2.75 bits per heavy atom. The molecule has 2 rings (SSSR count). The minimum atomic E-state index is -0.0867. The normalized spacial score (nSPS) is 15.8. The van der Waals surface area contributed by atoms with Crippen molar-refractivity contribution in [3.8, 4) is 5.75 Å². The van der Waals surface area contributed by atoms with E-state index in [1.54, 1.807) is 25.3 Å². The van der Waals surface area contributed by atoms with Gasteiger partial charge in [-0.1, -0.05) is 6.42 Å². The van der Waals surface area contributed by atoms with Crippen LogP contribution < -0.4 is 15.8 Å². The molecule has 5 heteroatoms. The molecule has 0 atom stereocenters. The number of ether oxygens (including phenoxy) is 1. The number of amides is 1. The van der Waals surface area contributed by atoms with Crippen molar-refractivity contribution in [2.24, 2.45) is 0 Å². The lowest BCUT2D eigenvalue weighted by Gasteiger charge is -2.26. The van der Waals surface area contributed by atoms with Crippen molar-refractivity contribution in [1.29, 1.82) is 0 Å². The first-order chi connectivity index (χ1) is 9.70. The molecule has 0 saturated carbocycles. The van der Waals surface area contributed by atoms with Crippen LogP contribution in [0.1, 0.15) is 29.6 Å². The Bertz CT molecular complexity index is 456. The molecule has 5 nitrogen and oxygen atoms in total. The number of nitrogens with zero attached hydrogens (tertiary/aromatic N) is 1. The molecular weight excluding hydrogens is 254 g/mol. The highest BCUT2D eigenvalue weighted by Gasteiger charge is 2.11. The monoisotopic (exact) mass is 277 g/mol. The van der Waals surface area contributed by atoms with Crippen molar-refractivity contribution in [2.75, 3.05) is 39.0 Å². The Labute approximate surface area is 120 Å². The summed E-state index contributed by atoms with van der Waals surface area (Å²) in [5.41, 5.74) is 6.86. The van der Waals surface area contributed by atoms with Gasteiger partial charge in [-0.3, -0.25) is 4.79 Å². The maximum Gasteiger partial charge on any atom is 0.251 e. The largest absolute Gasteiger partial charge is 0.495 e. The zero-order valence-electron chi connectivity index (χ0n) is 12.0. The second-order valence-corrected chi connectivity index (χ2v) is 5.11. The number of nitrogens with two attached hydrogens (primary N) is 1. The molecule has 1 aliphatic heterocycles. The SMILES string of the molecule is COc1ccc(C(=O)NCCN2CCCCC2)cc1N. The van der Waals surface area contributed by atoms with Gasteiger partial charge in [0.05, 0.1) is 12.8 Å². The molecule has 20 heavy (non-hydrogen) atoms. The Balaban J connectivity index is 1.80. The van der Waals surface area contributed by atoms with Crippen LogP contribution in [-0.2, 0) is 0 Å². The summed E-state index contributed by atoms with van der Waals surface area (Å²) < 4.78 is 5.08. The number of carbonyl (C=O) groups excluding carboxylic acids is 1. The topological polar surface area (TPSA) is 67.6 Å². The highest BCUT2D eigenvalue weighted by atomic mass is 16.5. The van der Waals surface area contributed by atoms with E-state index in [-0.39, 0.29) is 5.91 Å². The van der Waals surface area contributed by atoms with E-state index in [1.165, 1.54) is 19.3 Å². The van der Waals surface area contributed by atoms with Gasteiger partial charge in [0.25, 0.3) is 5.91 Å². The van der Waals surface area contributed by atoms with E-state index in [2.05, 4.69) is 10.2 Å². The zero-order chi connectivity index (χ0) is 14.4. The molecule has 1 aromatic carbocycles. The van der Waals surface area contributed by atoms with Gasteiger partial charge in [0.1, 0.15) is 5.75 Å². The van der Waals surface area contributed by atoms with Gasteiger partial charge in [-0.15, -0.1) is 0 Å². The number of rotatable bonds is 5. The molecule has 1 amide bonds. The molecule has 1 aromatic rings. The minimum absolute atomic E-state index is 0.0867. The van der Waals surface area contributed by atoms with Crippen molar-refractivity contribution >= 4 is 11.6 Å². The van der Waals surface area contributed by atoms with Crippen molar-refractivity contribution in [1.82, 2.24) is 10.2 Å². The molecule has 110 valence electrons. The molecule has 0 aromatic heterocycles. The smallest absolute Gasteiger partial charge is 0.251 e. The van der Waals surface area contributed by atoms with Crippen LogP contribution in [0.5, 0.6) is 5.75 Å². The van der Waals surface area contributed by atoms with Gasteiger partial charge in [-0.05, 0) is 44.1 Å². The Morgan fingerprint density at radius 1 is 1.35 bits per heavy atom. The van der Waals surface area contributed by atoms with Crippen LogP contribution in [0.15, 0.2) is 18.2 Å². The molecule has 0 aliphatic carbocycles. The Morgan fingerprint density at radius 2 is 2.10 bits per heavy atom. The summed E-state index contributed by atoms with van der Waals surface area (Å²) in [5, 5.41) is 2.93. The van der Waals surface area contributed by atoms with Crippen molar-refractivity contribution < 1.29 is 9.53 Å². The summed E-state index contributed by atoms with van der Waals surface area (Å²) in [6.45, 7) is 3.87. The van der Waals surface area contributed by atoms with E-state index in [0.717, 1.165) is 19.6 Å². The quantitative estimate of drug-likeness (QED) is 0.800. The molecule has 1 heterocycles. The first kappa shape index (κ1) is 14.7. The van der Waals surface area contributed by atoms with Crippen molar-refractivity contribution in [3.63, 3.8) is 0 Å². The zero-order valence-corrected chi connectivity index (χ0v) is 12.0. The fourth-order valence-electron chi connectivity index (χ4n) is 2.49. The number of nitrogens with one attached hydrogen (secondary N) is 1. The average molecular weight is 277 g/mol. The lowest BCUT2D eigenvalue weighted by Crippen LogP contribution is -2.37. The molecule has 1 aliphatic rings. The number of likely N-dealkylation sites (tertiary alicyclic amines) is 1. The molecule has 1 saturated heterocycles. The van der Waals surface area contributed by atoms with Gasteiger partial charge in [-0.2, -0.15) is 0 Å². The van der Waals surface area contributed by atoms with E-state index in [9.17, 15) is 4.79 Å². The molecule has 3 N–H and O–H groups in total. The lowest BCUT2D eigenvalue weighted by molar-refractivity contribution is 0.0946. The van der Waals surface area contributed by atoms with Crippen molar-refractivity contribution in [3.05, 3.63) is 23.8 Å². The summed E-state index contributed by atoms with van der Waals surface area (Å²) in [6.07, 6.45) is 3.86. The van der Waals surface area contributed by atoms with Crippen LogP contribution in [0, 0.1) is 0 Å². The number of methoxy groups -OCH3 is 1. The summed E-state index contributed by atoms with van der Waals surface area (Å²) in [6, 6.07) is 5.09. The fraction of sp³-hybridized carbons (Fsp3) is 0.533. The van der Waals surface area contributed by atoms with Crippen LogP contribution in [0.2, 0.25) is 0 Å². The van der Waals surface area contributed by atoms with E-state index in [1.807, 2.05) is 0 Å². The van der Waals surface area contributed by atoms with Crippen LogP contribution in [0.4, 0.5) is 5.69 Å². The van der Waals surface area contributed by atoms with Crippen LogP contribution in [-0.4, -0.2) is 44.1 Å². The van der Waals surface area contributed by atoms with Gasteiger partial charge in [-0.25, -0.2) is 0 Å². The fourth-order valence-corrected chi connectivity index (χ4v) is 2.49. The van der Waals surface area contributed by atoms with Gasteiger partial charge < -0.3 is 20.7 Å². The lowest BCUT2D eigenvalue weighted by atomic mass is 10.1. The summed E-state index contributed by atoms with van der Waals surface area (Å²) in [5.74, 6) is 0.506. The predicted molar refractivity (Wildman–Crippen MR) is 80.0 cm³/mol. The third-order valence-electron chi connectivity index (χ3n) is 3.65. The van der Waals surface area contributed by atoms with Gasteiger partial charge in [0.15, 0.2) is 0 Å². The third kappa shape index (κ3) is 3.87. The third-order valence-corrected chi connectivity index (χ3v) is 3.65. The molecule has 0 spiro atoms. The van der Waals surface area contributed by atoms with Gasteiger partial charge >= 0.3 is 0 Å². The highest BCUT2D eigenvalue weighted by molar-refractivity contribution is 5.95. The highest BCUT2D eigenvalue weighted by Crippen LogP contribution is 2.21. The standard InChI is InChI=1S/C15H23N3O2/c1-20-14-6-5-12(11-13(14)16)15(19)17-7-10-18-8-3-2-4-9-18/h5-6,11H,2-4,7-10,16H2,1H3,(H,17,19).